The van der Waals surface area contributed by atoms with Gasteiger partial charge in [0.2, 0.25) is 0 Å². The Kier molecular flexibility index (Phi) is 6.49. The van der Waals surface area contributed by atoms with Gasteiger partial charge in [-0.25, -0.2) is 0 Å². The Balaban J connectivity index is 1.94. The van der Waals surface area contributed by atoms with E-state index in [-0.39, 0.29) is 11.1 Å². The van der Waals surface area contributed by atoms with Crippen LogP contribution in [0.2, 0.25) is 0 Å². The van der Waals surface area contributed by atoms with Gasteiger partial charge in [-0.3, -0.25) is 19.5 Å². The summed E-state index contributed by atoms with van der Waals surface area (Å²) in [5.41, 5.74) is 0.955. The van der Waals surface area contributed by atoms with Crippen molar-refractivity contribution in [3.05, 3.63) is 83.7 Å². The topological polar surface area (TPSA) is 98.2 Å². The minimum Gasteiger partial charge on any atom is -0.506 e. The molecular formula is C26H24N2O6. The minimum absolute atomic E-state index is 0.111. The van der Waals surface area contributed by atoms with Crippen LogP contribution in [0, 0.1) is 0 Å². The summed E-state index contributed by atoms with van der Waals surface area (Å²) in [4.78, 5) is 32.3. The normalized spacial score (nSPS) is 17.0. The van der Waals surface area contributed by atoms with Crippen LogP contribution in [0.1, 0.15) is 24.2 Å². The molecule has 8 heteroatoms. The van der Waals surface area contributed by atoms with Gasteiger partial charge in [-0.05, 0) is 55.5 Å². The number of aliphatic hydroxyl groups is 1. The number of carbonyl (C=O) groups excluding carboxylic acids is 2. The molecule has 1 fully saturated rings. The van der Waals surface area contributed by atoms with E-state index >= 15 is 0 Å². The van der Waals surface area contributed by atoms with Crippen LogP contribution in [0.25, 0.3) is 5.76 Å². The number of rotatable bonds is 7. The van der Waals surface area contributed by atoms with Gasteiger partial charge in [0.15, 0.2) is 0 Å². The van der Waals surface area contributed by atoms with E-state index in [4.69, 9.17) is 14.2 Å². The second kappa shape index (κ2) is 9.66. The number of aromatic nitrogens is 1. The van der Waals surface area contributed by atoms with Crippen molar-refractivity contribution < 1.29 is 28.9 Å². The average Bonchev–Trinajstić information content (AvgIpc) is 3.14. The van der Waals surface area contributed by atoms with Crippen molar-refractivity contribution in [1.29, 1.82) is 0 Å². The molecule has 34 heavy (non-hydrogen) atoms. The molecule has 0 bridgehead atoms. The predicted molar refractivity (Wildman–Crippen MR) is 126 cm³/mol. The van der Waals surface area contributed by atoms with Crippen LogP contribution in [0.5, 0.6) is 17.2 Å². The van der Waals surface area contributed by atoms with Crippen LogP contribution in [-0.4, -0.2) is 42.6 Å². The molecule has 4 rings (SSSR count). The lowest BCUT2D eigenvalue weighted by atomic mass is 9.97. The van der Waals surface area contributed by atoms with Crippen LogP contribution in [-0.2, 0) is 9.59 Å². The lowest BCUT2D eigenvalue weighted by molar-refractivity contribution is -0.132. The summed E-state index contributed by atoms with van der Waals surface area (Å²) < 4.78 is 16.3. The van der Waals surface area contributed by atoms with Gasteiger partial charge >= 0.3 is 0 Å². The van der Waals surface area contributed by atoms with Crippen molar-refractivity contribution in [1.82, 2.24) is 4.98 Å². The van der Waals surface area contributed by atoms with Crippen molar-refractivity contribution in [3.63, 3.8) is 0 Å². The van der Waals surface area contributed by atoms with E-state index < -0.39 is 23.5 Å². The summed E-state index contributed by atoms with van der Waals surface area (Å²) in [5, 5.41) is 11.4. The van der Waals surface area contributed by atoms with Gasteiger partial charge in [0.1, 0.15) is 34.6 Å². The van der Waals surface area contributed by atoms with Crippen LogP contribution in [0.4, 0.5) is 5.69 Å². The molecule has 1 saturated heterocycles. The van der Waals surface area contributed by atoms with Crippen LogP contribution < -0.4 is 19.1 Å². The van der Waals surface area contributed by atoms with E-state index in [0.29, 0.717) is 35.2 Å². The number of anilines is 1. The highest BCUT2D eigenvalue weighted by molar-refractivity contribution is 6.51. The molecule has 1 atom stereocenters. The lowest BCUT2D eigenvalue weighted by Gasteiger charge is -2.25. The zero-order valence-electron chi connectivity index (χ0n) is 19.0. The Morgan fingerprint density at radius 3 is 2.21 bits per heavy atom. The van der Waals surface area contributed by atoms with Crippen LogP contribution in [0.15, 0.2) is 72.4 Å². The average molecular weight is 460 g/mol. The number of hydrogen-bond donors (Lipinski definition) is 1. The standard InChI is InChI=1S/C26H24N2O6/c1-4-34-17-13-11-16(12-14-17)28-23(18-8-5-6-15-27-18)22(25(30)26(28)31)24(29)21-19(32-2)9-7-10-20(21)33-3/h5-15,23,29H,4H2,1-3H3/b24-22+. The molecule has 0 spiro atoms. The Bertz CT molecular complexity index is 1220. The van der Waals surface area contributed by atoms with E-state index in [1.54, 1.807) is 66.9 Å². The first-order valence-electron chi connectivity index (χ1n) is 10.7. The molecule has 1 N–H and O–H groups in total. The Labute approximate surface area is 197 Å². The third-order valence-corrected chi connectivity index (χ3v) is 5.50. The highest BCUT2D eigenvalue weighted by atomic mass is 16.5. The fraction of sp³-hybridized carbons (Fsp3) is 0.192. The zero-order chi connectivity index (χ0) is 24.2. The molecule has 1 aliphatic heterocycles. The summed E-state index contributed by atoms with van der Waals surface area (Å²) in [7, 11) is 2.89. The highest BCUT2D eigenvalue weighted by Crippen LogP contribution is 2.44. The first kappa shape index (κ1) is 22.8. The van der Waals surface area contributed by atoms with Gasteiger partial charge in [-0.1, -0.05) is 12.1 Å². The van der Waals surface area contributed by atoms with Crippen molar-refractivity contribution in [2.75, 3.05) is 25.7 Å². The Morgan fingerprint density at radius 2 is 1.65 bits per heavy atom. The smallest absolute Gasteiger partial charge is 0.300 e. The van der Waals surface area contributed by atoms with Gasteiger partial charge in [-0.15, -0.1) is 0 Å². The number of amides is 1. The zero-order valence-corrected chi connectivity index (χ0v) is 19.0. The summed E-state index contributed by atoms with van der Waals surface area (Å²) >= 11 is 0. The number of carbonyl (C=O) groups is 2. The Morgan fingerprint density at radius 1 is 0.971 bits per heavy atom. The predicted octanol–water partition coefficient (Wildman–Crippen LogP) is 4.12. The number of aliphatic hydroxyl groups excluding tert-OH is 1. The van der Waals surface area contributed by atoms with Gasteiger partial charge in [-0.2, -0.15) is 0 Å². The third kappa shape index (κ3) is 3.94. The molecule has 174 valence electrons. The molecule has 3 aromatic rings. The number of benzene rings is 2. The third-order valence-electron chi connectivity index (χ3n) is 5.50. The number of Topliss-reactive ketones (excluding diaryl/α,β-unsaturated/α-hetero) is 1. The van der Waals surface area contributed by atoms with Crippen molar-refractivity contribution in [2.45, 2.75) is 13.0 Å². The maximum Gasteiger partial charge on any atom is 0.300 e. The fourth-order valence-corrected chi connectivity index (χ4v) is 4.01. The summed E-state index contributed by atoms with van der Waals surface area (Å²) in [6, 6.07) is 16.0. The second-order valence-electron chi connectivity index (χ2n) is 7.39. The van der Waals surface area contributed by atoms with E-state index in [9.17, 15) is 14.7 Å². The summed E-state index contributed by atoms with van der Waals surface area (Å²) in [5.74, 6) is -0.800. The van der Waals surface area contributed by atoms with Crippen LogP contribution in [0.3, 0.4) is 0 Å². The molecule has 0 aliphatic carbocycles. The number of methoxy groups -OCH3 is 2. The summed E-state index contributed by atoms with van der Waals surface area (Å²) in [6.07, 6.45) is 1.57. The first-order chi connectivity index (χ1) is 16.5. The monoisotopic (exact) mass is 460 g/mol. The quantitative estimate of drug-likeness (QED) is 0.322. The maximum atomic E-state index is 13.3. The van der Waals surface area contributed by atoms with Gasteiger partial charge in [0, 0.05) is 11.9 Å². The van der Waals surface area contributed by atoms with Crippen molar-refractivity contribution in [2.24, 2.45) is 0 Å². The Hall–Kier alpha value is -4.33. The molecule has 0 radical (unpaired) electrons. The van der Waals surface area contributed by atoms with E-state index in [1.807, 2.05) is 6.92 Å². The molecule has 2 heterocycles. The molecule has 2 aromatic carbocycles. The van der Waals surface area contributed by atoms with Gasteiger partial charge in [0.05, 0.1) is 32.1 Å². The first-order valence-corrected chi connectivity index (χ1v) is 10.7. The number of ether oxygens (including phenoxy) is 3. The SMILES string of the molecule is CCOc1ccc(N2C(=O)C(=O)/C(=C(/O)c3c(OC)cccc3OC)C2c2ccccn2)cc1. The highest BCUT2D eigenvalue weighted by Gasteiger charge is 2.48. The molecule has 0 saturated carbocycles. The second-order valence-corrected chi connectivity index (χ2v) is 7.39. The van der Waals surface area contributed by atoms with Crippen LogP contribution >= 0.6 is 0 Å². The van der Waals surface area contributed by atoms with Gasteiger partial charge < -0.3 is 19.3 Å². The lowest BCUT2D eigenvalue weighted by Crippen LogP contribution is -2.29. The van der Waals surface area contributed by atoms with E-state index in [2.05, 4.69) is 4.98 Å². The fourth-order valence-electron chi connectivity index (χ4n) is 4.01. The number of ketones is 1. The molecule has 1 aliphatic rings. The maximum absolute atomic E-state index is 13.3. The molecular weight excluding hydrogens is 436 g/mol. The number of nitrogens with zero attached hydrogens (tertiary/aromatic N) is 2. The molecule has 1 unspecified atom stereocenters. The number of pyridine rings is 1. The van der Waals surface area contributed by atoms with Crippen molar-refractivity contribution in [3.8, 4) is 17.2 Å². The molecule has 8 nitrogen and oxygen atoms in total. The largest absolute Gasteiger partial charge is 0.506 e. The van der Waals surface area contributed by atoms with E-state index in [1.165, 1.54) is 19.1 Å². The minimum atomic E-state index is -0.964. The van der Waals surface area contributed by atoms with E-state index in [0.717, 1.165) is 0 Å². The number of hydrogen-bond acceptors (Lipinski definition) is 7. The van der Waals surface area contributed by atoms with Crippen molar-refractivity contribution >= 4 is 23.1 Å². The van der Waals surface area contributed by atoms with Gasteiger partial charge in [0.25, 0.3) is 11.7 Å². The summed E-state index contributed by atoms with van der Waals surface area (Å²) in [6.45, 7) is 2.37. The molecule has 1 aromatic heterocycles. The molecule has 1 amide bonds.